The predicted molar refractivity (Wildman–Crippen MR) is 134 cm³/mol. The standard InChI is InChI=1S/C28H40O2Si/c1-21(18-22(2)27-23(3)20-29-28(4,5)30-27)19-26(24-14-10-8-11-15-24)31(6,7)25-16-12-9-13-17-25/h8-17,19,22-23,26-27H,18,20H2,1-7H3/b21-19-/t22-,23-,26-,27-/m0/s1. The van der Waals surface area contributed by atoms with Gasteiger partial charge in [-0.3, -0.25) is 0 Å². The Bertz CT molecular complexity index is 857. The lowest BCUT2D eigenvalue weighted by Gasteiger charge is -2.42. The highest BCUT2D eigenvalue weighted by molar-refractivity contribution is 6.91. The summed E-state index contributed by atoms with van der Waals surface area (Å²) in [5.41, 5.74) is 3.32. The molecule has 0 aromatic heterocycles. The molecule has 1 fully saturated rings. The van der Waals surface area contributed by atoms with Crippen molar-refractivity contribution < 1.29 is 9.47 Å². The number of ether oxygens (including phenoxy) is 2. The minimum absolute atomic E-state index is 0.224. The second-order valence-corrected chi connectivity index (χ2v) is 15.1. The van der Waals surface area contributed by atoms with Crippen molar-refractivity contribution in [2.24, 2.45) is 11.8 Å². The summed E-state index contributed by atoms with van der Waals surface area (Å²) in [7, 11) is -1.77. The van der Waals surface area contributed by atoms with E-state index < -0.39 is 13.9 Å². The quantitative estimate of drug-likeness (QED) is 0.356. The highest BCUT2D eigenvalue weighted by Crippen LogP contribution is 2.35. The van der Waals surface area contributed by atoms with Crippen molar-refractivity contribution >= 4 is 13.3 Å². The zero-order valence-corrected chi connectivity index (χ0v) is 21.4. The van der Waals surface area contributed by atoms with E-state index in [1.54, 1.807) is 0 Å². The summed E-state index contributed by atoms with van der Waals surface area (Å²) in [5, 5.41) is 1.50. The highest BCUT2D eigenvalue weighted by Gasteiger charge is 2.37. The SMILES string of the molecule is C/C(=C/[C@@H](c1ccccc1)[Si](C)(C)c1ccccc1)C[C@H](C)[C@@H]1OC(C)(C)OC[C@@H]1C. The first-order valence-electron chi connectivity index (χ1n) is 11.7. The second kappa shape index (κ2) is 9.85. The van der Waals surface area contributed by atoms with Crippen molar-refractivity contribution in [1.82, 2.24) is 0 Å². The van der Waals surface area contributed by atoms with E-state index in [9.17, 15) is 0 Å². The topological polar surface area (TPSA) is 18.5 Å². The zero-order chi connectivity index (χ0) is 22.6. The third-order valence-electron chi connectivity index (χ3n) is 6.78. The van der Waals surface area contributed by atoms with Crippen molar-refractivity contribution in [2.45, 2.75) is 71.6 Å². The van der Waals surface area contributed by atoms with Crippen LogP contribution in [0.15, 0.2) is 72.3 Å². The minimum Gasteiger partial charge on any atom is -0.350 e. The van der Waals surface area contributed by atoms with Crippen LogP contribution in [0.3, 0.4) is 0 Å². The van der Waals surface area contributed by atoms with Crippen LogP contribution in [0.5, 0.6) is 0 Å². The molecule has 0 bridgehead atoms. The monoisotopic (exact) mass is 436 g/mol. The van der Waals surface area contributed by atoms with Gasteiger partial charge in [0.2, 0.25) is 0 Å². The van der Waals surface area contributed by atoms with Crippen molar-refractivity contribution in [3.05, 3.63) is 77.9 Å². The van der Waals surface area contributed by atoms with Crippen LogP contribution in [0.1, 0.15) is 52.1 Å². The van der Waals surface area contributed by atoms with E-state index in [1.165, 1.54) is 16.3 Å². The van der Waals surface area contributed by atoms with Crippen LogP contribution < -0.4 is 5.19 Å². The van der Waals surface area contributed by atoms with Crippen molar-refractivity contribution in [3.63, 3.8) is 0 Å². The van der Waals surface area contributed by atoms with Gasteiger partial charge in [0.15, 0.2) is 5.79 Å². The number of hydrogen-bond donors (Lipinski definition) is 0. The van der Waals surface area contributed by atoms with Gasteiger partial charge in [0.1, 0.15) is 0 Å². The molecule has 3 rings (SSSR count). The first-order chi connectivity index (χ1) is 14.6. The highest BCUT2D eigenvalue weighted by atomic mass is 28.3. The van der Waals surface area contributed by atoms with E-state index in [2.05, 4.69) is 101 Å². The normalized spacial score (nSPS) is 23.9. The van der Waals surface area contributed by atoms with Gasteiger partial charge in [-0.15, -0.1) is 0 Å². The molecule has 0 aliphatic carbocycles. The summed E-state index contributed by atoms with van der Waals surface area (Å²) in [6.07, 6.45) is 3.83. The molecular weight excluding hydrogens is 396 g/mol. The van der Waals surface area contributed by atoms with Crippen molar-refractivity contribution in [3.8, 4) is 0 Å². The smallest absolute Gasteiger partial charge is 0.163 e. The van der Waals surface area contributed by atoms with Crippen LogP contribution >= 0.6 is 0 Å². The molecule has 2 nitrogen and oxygen atoms in total. The fourth-order valence-electron chi connectivity index (χ4n) is 4.99. The van der Waals surface area contributed by atoms with Gasteiger partial charge in [-0.1, -0.05) is 104 Å². The van der Waals surface area contributed by atoms with Crippen LogP contribution in [0.4, 0.5) is 0 Å². The molecule has 1 heterocycles. The lowest BCUT2D eigenvalue weighted by atomic mass is 9.87. The maximum absolute atomic E-state index is 6.33. The van der Waals surface area contributed by atoms with E-state index in [-0.39, 0.29) is 6.10 Å². The van der Waals surface area contributed by atoms with E-state index >= 15 is 0 Å². The molecule has 2 aromatic rings. The molecule has 2 aromatic carbocycles. The van der Waals surface area contributed by atoms with Gasteiger partial charge in [-0.2, -0.15) is 0 Å². The van der Waals surface area contributed by atoms with Crippen LogP contribution in [0.2, 0.25) is 13.1 Å². The molecule has 31 heavy (non-hydrogen) atoms. The Morgan fingerprint density at radius 2 is 1.65 bits per heavy atom. The van der Waals surface area contributed by atoms with Gasteiger partial charge < -0.3 is 9.47 Å². The lowest BCUT2D eigenvalue weighted by molar-refractivity contribution is -0.299. The Morgan fingerprint density at radius 1 is 1.06 bits per heavy atom. The maximum atomic E-state index is 6.33. The summed E-state index contributed by atoms with van der Waals surface area (Å²) in [4.78, 5) is 0. The largest absolute Gasteiger partial charge is 0.350 e. The third-order valence-corrected chi connectivity index (χ3v) is 10.7. The number of rotatable bonds is 7. The molecule has 0 N–H and O–H groups in total. The van der Waals surface area contributed by atoms with Gasteiger partial charge in [0.05, 0.1) is 20.8 Å². The van der Waals surface area contributed by atoms with Crippen molar-refractivity contribution in [2.75, 3.05) is 6.61 Å². The molecule has 0 saturated carbocycles. The molecule has 0 amide bonds. The van der Waals surface area contributed by atoms with Gasteiger partial charge in [-0.05, 0) is 38.7 Å². The molecule has 0 unspecified atom stereocenters. The Labute approximate surface area is 190 Å². The van der Waals surface area contributed by atoms with Gasteiger partial charge >= 0.3 is 0 Å². The number of allylic oxidation sites excluding steroid dienone is 2. The Balaban J connectivity index is 1.86. The lowest BCUT2D eigenvalue weighted by Crippen LogP contribution is -2.47. The molecular formula is C28H40O2Si. The van der Waals surface area contributed by atoms with Crippen LogP contribution in [0, 0.1) is 11.8 Å². The number of benzene rings is 2. The first kappa shape index (κ1) is 24.0. The number of hydrogen-bond acceptors (Lipinski definition) is 2. The average molecular weight is 437 g/mol. The molecule has 1 saturated heterocycles. The van der Waals surface area contributed by atoms with E-state index in [4.69, 9.17) is 9.47 Å². The molecule has 1 aliphatic heterocycles. The summed E-state index contributed by atoms with van der Waals surface area (Å²) in [5.74, 6) is 0.376. The molecule has 4 atom stereocenters. The molecule has 0 radical (unpaired) electrons. The van der Waals surface area contributed by atoms with E-state index in [1.807, 2.05) is 13.8 Å². The van der Waals surface area contributed by atoms with Crippen LogP contribution in [0.25, 0.3) is 0 Å². The summed E-state index contributed by atoms with van der Waals surface area (Å²) >= 11 is 0. The fourth-order valence-corrected chi connectivity index (χ4v) is 8.12. The Kier molecular flexibility index (Phi) is 7.62. The molecule has 0 spiro atoms. The predicted octanol–water partition coefficient (Wildman–Crippen LogP) is 6.69. The van der Waals surface area contributed by atoms with Gasteiger partial charge in [-0.25, -0.2) is 0 Å². The molecule has 168 valence electrons. The van der Waals surface area contributed by atoms with Gasteiger partial charge in [0, 0.05) is 11.5 Å². The van der Waals surface area contributed by atoms with E-state index in [0.717, 1.165) is 13.0 Å². The summed E-state index contributed by atoms with van der Waals surface area (Å²) < 4.78 is 12.2. The summed E-state index contributed by atoms with van der Waals surface area (Å²) in [6, 6.07) is 22.1. The molecule has 3 heteroatoms. The van der Waals surface area contributed by atoms with Gasteiger partial charge in [0.25, 0.3) is 0 Å². The molecule has 1 aliphatic rings. The first-order valence-corrected chi connectivity index (χ1v) is 14.8. The third kappa shape index (κ3) is 5.97. The zero-order valence-electron chi connectivity index (χ0n) is 20.4. The Morgan fingerprint density at radius 3 is 2.26 bits per heavy atom. The Hall–Kier alpha value is -1.68. The van der Waals surface area contributed by atoms with Crippen LogP contribution in [-0.2, 0) is 9.47 Å². The van der Waals surface area contributed by atoms with Crippen molar-refractivity contribution in [1.29, 1.82) is 0 Å². The van der Waals surface area contributed by atoms with E-state index in [0.29, 0.717) is 17.4 Å². The summed E-state index contributed by atoms with van der Waals surface area (Å²) in [6.45, 7) is 16.7. The fraction of sp³-hybridized carbons (Fsp3) is 0.500. The minimum atomic E-state index is -1.77. The second-order valence-electron chi connectivity index (χ2n) is 10.4. The average Bonchev–Trinajstić information content (AvgIpc) is 2.75. The maximum Gasteiger partial charge on any atom is 0.163 e. The van der Waals surface area contributed by atoms with Crippen LogP contribution in [-0.4, -0.2) is 26.6 Å².